The van der Waals surface area contributed by atoms with Gasteiger partial charge in [-0.2, -0.15) is 0 Å². The monoisotopic (exact) mass is 425 g/mol. The first kappa shape index (κ1) is 24.8. The lowest BCUT2D eigenvalue weighted by atomic mass is 9.81. The predicted molar refractivity (Wildman–Crippen MR) is 135 cm³/mol. The van der Waals surface area contributed by atoms with Crippen molar-refractivity contribution in [1.29, 1.82) is 0 Å². The Morgan fingerprint density at radius 3 is 0.800 bits per heavy atom. The summed E-state index contributed by atoms with van der Waals surface area (Å²) in [4.78, 5) is 0. The molecule has 0 bridgehead atoms. The van der Waals surface area contributed by atoms with E-state index in [4.69, 9.17) is 0 Å². The maximum absolute atomic E-state index is 13.9. The molecular formula is C28H42OP+. The molecule has 2 aromatic carbocycles. The molecule has 0 heterocycles. The zero-order valence-corrected chi connectivity index (χ0v) is 22.2. The number of hydrogen-bond acceptors (Lipinski definition) is 1. The Morgan fingerprint density at radius 2 is 0.633 bits per heavy atom. The van der Waals surface area contributed by atoms with Crippen LogP contribution in [0.25, 0.3) is 0 Å². The van der Waals surface area contributed by atoms with Crippen LogP contribution in [-0.4, -0.2) is 0 Å². The zero-order valence-electron chi connectivity index (χ0n) is 21.3. The van der Waals surface area contributed by atoms with Crippen LogP contribution in [0.15, 0.2) is 36.4 Å². The minimum Gasteiger partial charge on any atom is -0.0613 e. The molecule has 164 valence electrons. The summed E-state index contributed by atoms with van der Waals surface area (Å²) in [5.41, 5.74) is 5.03. The van der Waals surface area contributed by atoms with E-state index >= 15 is 0 Å². The van der Waals surface area contributed by atoms with Crippen LogP contribution in [-0.2, 0) is 26.2 Å². The van der Waals surface area contributed by atoms with Crippen LogP contribution in [0.3, 0.4) is 0 Å². The van der Waals surface area contributed by atoms with Crippen LogP contribution in [0, 0.1) is 0 Å². The minimum absolute atomic E-state index is 0.00993. The van der Waals surface area contributed by atoms with Gasteiger partial charge in [0.05, 0.1) is 0 Å². The fraction of sp³-hybridized carbons (Fsp3) is 0.571. The van der Waals surface area contributed by atoms with Gasteiger partial charge in [0.2, 0.25) is 0 Å². The van der Waals surface area contributed by atoms with Crippen molar-refractivity contribution in [3.8, 4) is 0 Å². The third-order valence-corrected chi connectivity index (χ3v) is 7.22. The molecule has 2 heteroatoms. The van der Waals surface area contributed by atoms with Crippen LogP contribution in [0.1, 0.15) is 105 Å². The van der Waals surface area contributed by atoms with E-state index in [0.717, 1.165) is 10.6 Å². The molecule has 30 heavy (non-hydrogen) atoms. The molecule has 0 unspecified atom stereocenters. The Labute approximate surface area is 186 Å². The summed E-state index contributed by atoms with van der Waals surface area (Å²) in [6.45, 7) is 26.7. The van der Waals surface area contributed by atoms with Gasteiger partial charge in [-0.25, -0.2) is 0 Å². The Hall–Kier alpha value is -1.46. The highest BCUT2D eigenvalue weighted by Crippen LogP contribution is 2.34. The second-order valence-corrected chi connectivity index (χ2v) is 14.5. The summed E-state index contributed by atoms with van der Waals surface area (Å²) in [7, 11) is -1.67. The Bertz CT molecular complexity index is 797. The lowest BCUT2D eigenvalue weighted by Crippen LogP contribution is -2.23. The van der Waals surface area contributed by atoms with Gasteiger partial charge in [0, 0.05) is 0 Å². The number of rotatable bonds is 2. The zero-order chi connectivity index (χ0) is 23.3. The largest absolute Gasteiger partial charge is 0.415 e. The molecule has 0 aliphatic heterocycles. The molecule has 0 aliphatic rings. The molecule has 0 amide bonds. The van der Waals surface area contributed by atoms with Crippen LogP contribution in [0.5, 0.6) is 0 Å². The summed E-state index contributed by atoms with van der Waals surface area (Å²) in [5, 5.41) is 1.88. The summed E-state index contributed by atoms with van der Waals surface area (Å²) in [6.07, 6.45) is 0. The van der Waals surface area contributed by atoms with Crippen LogP contribution in [0.2, 0.25) is 0 Å². The van der Waals surface area contributed by atoms with E-state index in [2.05, 4.69) is 119 Å². The van der Waals surface area contributed by atoms with Gasteiger partial charge >= 0.3 is 7.80 Å². The van der Waals surface area contributed by atoms with E-state index in [1.807, 2.05) is 0 Å². The number of benzene rings is 2. The van der Waals surface area contributed by atoms with Gasteiger partial charge in [-0.15, -0.1) is 0 Å². The Morgan fingerprint density at radius 1 is 0.433 bits per heavy atom. The van der Waals surface area contributed by atoms with Crippen molar-refractivity contribution >= 4 is 18.4 Å². The molecular weight excluding hydrogens is 383 g/mol. The molecule has 0 saturated carbocycles. The third-order valence-electron chi connectivity index (χ3n) is 5.77. The summed E-state index contributed by atoms with van der Waals surface area (Å²) >= 11 is 0. The molecule has 0 aliphatic carbocycles. The van der Waals surface area contributed by atoms with Gasteiger partial charge in [0.25, 0.3) is 0 Å². The molecule has 1 nitrogen and oxygen atoms in total. The van der Waals surface area contributed by atoms with Gasteiger partial charge in [0.15, 0.2) is 10.6 Å². The average molecular weight is 426 g/mol. The molecule has 0 atom stereocenters. The van der Waals surface area contributed by atoms with Gasteiger partial charge in [-0.1, -0.05) is 99.8 Å². The van der Waals surface area contributed by atoms with Crippen LogP contribution in [0.4, 0.5) is 0 Å². The predicted octanol–water partition coefficient (Wildman–Crippen LogP) is 7.65. The van der Waals surface area contributed by atoms with E-state index in [-0.39, 0.29) is 21.7 Å². The topological polar surface area (TPSA) is 17.1 Å². The molecule has 0 saturated heterocycles. The minimum atomic E-state index is -1.67. The second-order valence-electron chi connectivity index (χ2n) is 12.8. The highest BCUT2D eigenvalue weighted by atomic mass is 31.1. The molecule has 0 fully saturated rings. The average Bonchev–Trinajstić information content (AvgIpc) is 2.57. The van der Waals surface area contributed by atoms with E-state index < -0.39 is 7.80 Å². The Kier molecular flexibility index (Phi) is 6.54. The summed E-state index contributed by atoms with van der Waals surface area (Å²) < 4.78 is 13.9. The van der Waals surface area contributed by atoms with Crippen molar-refractivity contribution in [3.63, 3.8) is 0 Å². The fourth-order valence-electron chi connectivity index (χ4n) is 3.34. The highest BCUT2D eigenvalue weighted by molar-refractivity contribution is 7.61. The van der Waals surface area contributed by atoms with Gasteiger partial charge < -0.3 is 0 Å². The maximum atomic E-state index is 13.9. The third kappa shape index (κ3) is 5.82. The van der Waals surface area contributed by atoms with E-state index in [1.165, 1.54) is 22.3 Å². The molecule has 0 radical (unpaired) electrons. The van der Waals surface area contributed by atoms with Crippen molar-refractivity contribution in [2.24, 2.45) is 0 Å². The first-order valence-corrected chi connectivity index (χ1v) is 12.4. The first-order valence-electron chi connectivity index (χ1n) is 11.1. The fourth-order valence-corrected chi connectivity index (χ4v) is 4.66. The quantitative estimate of drug-likeness (QED) is 0.451. The molecule has 2 aromatic rings. The number of hydrogen-bond donors (Lipinski definition) is 0. The lowest BCUT2D eigenvalue weighted by Gasteiger charge is -2.25. The lowest BCUT2D eigenvalue weighted by molar-refractivity contribution is 0.569. The summed E-state index contributed by atoms with van der Waals surface area (Å²) in [5.74, 6) is 0. The van der Waals surface area contributed by atoms with Crippen molar-refractivity contribution in [2.75, 3.05) is 0 Å². The van der Waals surface area contributed by atoms with Crippen LogP contribution >= 0.6 is 7.80 Å². The highest BCUT2D eigenvalue weighted by Gasteiger charge is 2.32. The smallest absolute Gasteiger partial charge is 0.0613 e. The molecule has 0 spiro atoms. The normalized spacial score (nSPS) is 13.5. The van der Waals surface area contributed by atoms with Gasteiger partial charge in [0.1, 0.15) is 0 Å². The van der Waals surface area contributed by atoms with Gasteiger partial charge in [-0.05, 0) is 68.2 Å². The van der Waals surface area contributed by atoms with E-state index in [9.17, 15) is 4.57 Å². The van der Waals surface area contributed by atoms with E-state index in [1.54, 1.807) is 0 Å². The van der Waals surface area contributed by atoms with E-state index in [0.29, 0.717) is 0 Å². The van der Waals surface area contributed by atoms with Crippen molar-refractivity contribution < 1.29 is 4.57 Å². The SMILES string of the molecule is CC(C)(C)c1cc([P+](=O)c2cc(C(C)(C)C)cc(C(C)(C)C)c2)cc(C(C)(C)C)c1. The van der Waals surface area contributed by atoms with Crippen molar-refractivity contribution in [1.82, 2.24) is 0 Å². The Balaban J connectivity index is 2.73. The molecule has 0 N–H and O–H groups in total. The maximum Gasteiger partial charge on any atom is 0.415 e. The molecule has 0 aromatic heterocycles. The van der Waals surface area contributed by atoms with Crippen molar-refractivity contribution in [3.05, 3.63) is 58.7 Å². The van der Waals surface area contributed by atoms with Crippen molar-refractivity contribution in [2.45, 2.75) is 105 Å². The first-order chi connectivity index (χ1) is 13.3. The second kappa shape index (κ2) is 7.90. The summed E-state index contributed by atoms with van der Waals surface area (Å²) in [6, 6.07) is 13.2. The molecule has 2 rings (SSSR count). The van der Waals surface area contributed by atoms with Crippen LogP contribution < -0.4 is 10.6 Å². The van der Waals surface area contributed by atoms with Gasteiger partial charge in [-0.3, -0.25) is 0 Å². The standard InChI is InChI=1S/C28H42OP/c1-25(2,3)19-13-20(26(4,5)6)16-23(15-19)30(29)24-17-21(27(7,8)9)14-22(18-24)28(10,11)12/h13-18H,1-12H3/q+1.